The minimum atomic E-state index is -0.0340. The Hall–Kier alpha value is -1.99. The summed E-state index contributed by atoms with van der Waals surface area (Å²) >= 11 is 0. The molecule has 0 spiro atoms. The van der Waals surface area contributed by atoms with Gasteiger partial charge in [-0.1, -0.05) is 54.1 Å². The zero-order chi connectivity index (χ0) is 14.5. The van der Waals surface area contributed by atoms with Gasteiger partial charge in [-0.15, -0.1) is 0 Å². The fraction of sp³-hybridized carbons (Fsp3) is 0.100. The molecule has 2 aromatic rings. The third kappa shape index (κ3) is 3.37. The Bertz CT molecular complexity index is 676. The summed E-state index contributed by atoms with van der Waals surface area (Å²) in [5.41, 5.74) is 1.31. The fourth-order valence-corrected chi connectivity index (χ4v) is 4.44. The first-order chi connectivity index (χ1) is 10.3. The summed E-state index contributed by atoms with van der Waals surface area (Å²) < 4.78 is 0. The highest BCUT2D eigenvalue weighted by Crippen LogP contribution is 2.31. The van der Waals surface area contributed by atoms with Crippen molar-refractivity contribution >= 4 is 10.9 Å². The van der Waals surface area contributed by atoms with Gasteiger partial charge in [0, 0.05) is 0 Å². The van der Waals surface area contributed by atoms with E-state index in [1.54, 1.807) is 0 Å². The molecule has 1 aliphatic carbocycles. The van der Waals surface area contributed by atoms with Crippen molar-refractivity contribution in [2.24, 2.45) is 0 Å². The molecule has 21 heavy (non-hydrogen) atoms. The summed E-state index contributed by atoms with van der Waals surface area (Å²) in [6.45, 7) is 2.14. The molecule has 0 bridgehead atoms. The van der Waals surface area contributed by atoms with Gasteiger partial charge in [0.15, 0.2) is 14.7 Å². The van der Waals surface area contributed by atoms with Gasteiger partial charge < -0.3 is 0 Å². The van der Waals surface area contributed by atoms with Crippen LogP contribution < -0.4 is 0 Å². The van der Waals surface area contributed by atoms with Crippen LogP contribution in [0.25, 0.3) is 0 Å². The van der Waals surface area contributed by atoms with Gasteiger partial charge in [-0.3, -0.25) is 0 Å². The fourth-order valence-electron chi connectivity index (χ4n) is 2.34. The maximum absolute atomic E-state index is 2.27. The van der Waals surface area contributed by atoms with Crippen LogP contribution in [0.4, 0.5) is 0 Å². The van der Waals surface area contributed by atoms with Gasteiger partial charge in [-0.2, -0.15) is 0 Å². The van der Waals surface area contributed by atoms with Crippen LogP contribution in [-0.4, -0.2) is 0 Å². The lowest BCUT2D eigenvalue weighted by atomic mass is 10.2. The average molecular weight is 291 g/mol. The minimum absolute atomic E-state index is 0.0340. The number of benzene rings is 2. The number of aryl methyl sites for hydroxylation is 1. The molecule has 1 aliphatic rings. The molecule has 0 aliphatic heterocycles. The molecule has 0 radical (unpaired) electrons. The highest BCUT2D eigenvalue weighted by atomic mass is 32.2. The standard InChI is InChI=1S/C20H19S/c1-17-13-15-20(16-14-17)21(19-11-7-4-8-12-19)18-9-5-2-3-6-10-18/h2,4-16H,3H2,1H3/q+1. The quantitative estimate of drug-likeness (QED) is 0.661. The van der Waals surface area contributed by atoms with Gasteiger partial charge >= 0.3 is 0 Å². The maximum atomic E-state index is 2.27. The topological polar surface area (TPSA) is 0 Å². The monoisotopic (exact) mass is 291 g/mol. The first-order valence-electron chi connectivity index (χ1n) is 7.24. The van der Waals surface area contributed by atoms with Crippen LogP contribution in [0, 0.1) is 6.92 Å². The second-order valence-corrected chi connectivity index (χ2v) is 7.09. The summed E-state index contributed by atoms with van der Waals surface area (Å²) in [5.74, 6) is 0. The molecule has 0 heterocycles. The van der Waals surface area contributed by atoms with Gasteiger partial charge in [-0.25, -0.2) is 0 Å². The molecule has 0 saturated carbocycles. The number of hydrogen-bond acceptors (Lipinski definition) is 0. The zero-order valence-corrected chi connectivity index (χ0v) is 13.0. The summed E-state index contributed by atoms with van der Waals surface area (Å²) in [6.07, 6.45) is 12.2. The predicted molar refractivity (Wildman–Crippen MR) is 92.5 cm³/mol. The Balaban J connectivity index is 2.09. The number of rotatable bonds is 3. The largest absolute Gasteiger partial charge is 0.166 e. The SMILES string of the molecule is Cc1ccc([S+](C2=CC=CCC=C2)c2ccccc2)cc1. The van der Waals surface area contributed by atoms with Crippen LogP contribution in [-0.2, 0) is 10.9 Å². The smallest absolute Gasteiger partial charge is 0.0806 e. The van der Waals surface area contributed by atoms with Crippen LogP contribution >= 0.6 is 0 Å². The van der Waals surface area contributed by atoms with Crippen LogP contribution in [0.1, 0.15) is 12.0 Å². The summed E-state index contributed by atoms with van der Waals surface area (Å²) in [7, 11) is -0.0340. The molecule has 0 saturated heterocycles. The number of allylic oxidation sites excluding steroid dienone is 5. The molecular weight excluding hydrogens is 272 g/mol. The lowest BCUT2D eigenvalue weighted by Gasteiger charge is -2.08. The molecule has 3 rings (SSSR count). The van der Waals surface area contributed by atoms with E-state index in [-0.39, 0.29) is 10.9 Å². The van der Waals surface area contributed by atoms with E-state index < -0.39 is 0 Å². The molecule has 0 fully saturated rings. The summed E-state index contributed by atoms with van der Waals surface area (Å²) in [6, 6.07) is 19.7. The second kappa shape index (κ2) is 6.64. The van der Waals surface area contributed by atoms with Crippen molar-refractivity contribution in [1.29, 1.82) is 0 Å². The van der Waals surface area contributed by atoms with Crippen molar-refractivity contribution in [1.82, 2.24) is 0 Å². The van der Waals surface area contributed by atoms with E-state index >= 15 is 0 Å². The van der Waals surface area contributed by atoms with Gasteiger partial charge in [-0.05, 0) is 49.8 Å². The first kappa shape index (κ1) is 14.0. The lowest BCUT2D eigenvalue weighted by Crippen LogP contribution is -2.05. The predicted octanol–water partition coefficient (Wildman–Crippen LogP) is 5.43. The normalized spacial score (nSPS) is 15.4. The Kier molecular flexibility index (Phi) is 4.42. The van der Waals surface area contributed by atoms with Crippen molar-refractivity contribution < 1.29 is 0 Å². The van der Waals surface area contributed by atoms with Crippen molar-refractivity contribution in [2.75, 3.05) is 0 Å². The van der Waals surface area contributed by atoms with Gasteiger partial charge in [0.05, 0.1) is 10.9 Å². The molecule has 104 valence electrons. The average Bonchev–Trinajstić information content (AvgIpc) is 2.80. The van der Waals surface area contributed by atoms with Crippen molar-refractivity contribution in [3.63, 3.8) is 0 Å². The third-order valence-electron chi connectivity index (χ3n) is 3.42. The summed E-state index contributed by atoms with van der Waals surface area (Å²) in [5, 5.41) is 0. The lowest BCUT2D eigenvalue weighted by molar-refractivity contribution is 1.34. The molecular formula is C20H19S+. The van der Waals surface area contributed by atoms with E-state index in [0.717, 1.165) is 6.42 Å². The maximum Gasteiger partial charge on any atom is 0.166 e. The van der Waals surface area contributed by atoms with Gasteiger partial charge in [0.1, 0.15) is 0 Å². The van der Waals surface area contributed by atoms with E-state index in [0.29, 0.717) is 0 Å². The van der Waals surface area contributed by atoms with Crippen molar-refractivity contribution in [3.05, 3.63) is 95.4 Å². The van der Waals surface area contributed by atoms with Crippen molar-refractivity contribution in [2.45, 2.75) is 23.1 Å². The Morgan fingerprint density at radius 3 is 2.29 bits per heavy atom. The first-order valence-corrected chi connectivity index (χ1v) is 8.46. The molecule has 0 aromatic heterocycles. The van der Waals surface area contributed by atoms with Crippen LogP contribution in [0.15, 0.2) is 99.7 Å². The zero-order valence-electron chi connectivity index (χ0n) is 12.2. The van der Waals surface area contributed by atoms with Crippen LogP contribution in [0.5, 0.6) is 0 Å². The highest BCUT2D eigenvalue weighted by molar-refractivity contribution is 8.00. The molecule has 1 atom stereocenters. The highest BCUT2D eigenvalue weighted by Gasteiger charge is 2.29. The van der Waals surface area contributed by atoms with E-state index in [4.69, 9.17) is 0 Å². The van der Waals surface area contributed by atoms with Gasteiger partial charge in [0.2, 0.25) is 0 Å². The van der Waals surface area contributed by atoms with E-state index in [2.05, 4.69) is 91.9 Å². The molecule has 1 unspecified atom stereocenters. The molecule has 0 nitrogen and oxygen atoms in total. The van der Waals surface area contributed by atoms with Crippen LogP contribution in [0.3, 0.4) is 0 Å². The van der Waals surface area contributed by atoms with Crippen LogP contribution in [0.2, 0.25) is 0 Å². The Morgan fingerprint density at radius 1 is 0.810 bits per heavy atom. The van der Waals surface area contributed by atoms with E-state index in [1.165, 1.54) is 20.3 Å². The van der Waals surface area contributed by atoms with Crippen molar-refractivity contribution in [3.8, 4) is 0 Å². The minimum Gasteiger partial charge on any atom is -0.0806 e. The molecule has 2 aromatic carbocycles. The summed E-state index contributed by atoms with van der Waals surface area (Å²) in [4.78, 5) is 4.12. The van der Waals surface area contributed by atoms with E-state index in [9.17, 15) is 0 Å². The van der Waals surface area contributed by atoms with Gasteiger partial charge in [0.25, 0.3) is 0 Å². The molecule has 0 amide bonds. The Labute approximate surface area is 129 Å². The molecule has 0 N–H and O–H groups in total. The third-order valence-corrected chi connectivity index (χ3v) is 5.65. The second-order valence-electron chi connectivity index (χ2n) is 5.07. The molecule has 1 heteroatoms. The van der Waals surface area contributed by atoms with E-state index in [1.807, 2.05) is 0 Å². The Morgan fingerprint density at radius 2 is 1.52 bits per heavy atom. The number of hydrogen-bond donors (Lipinski definition) is 0.